The minimum Gasteiger partial charge on any atom is -0.406 e. The number of hydrogen-bond acceptors (Lipinski definition) is 2. The van der Waals surface area contributed by atoms with E-state index in [-0.39, 0.29) is 17.4 Å². The van der Waals surface area contributed by atoms with E-state index >= 15 is 0 Å². The molecule has 0 aliphatic heterocycles. The van der Waals surface area contributed by atoms with Crippen LogP contribution in [0.15, 0.2) is 24.3 Å². The Kier molecular flexibility index (Phi) is 5.33. The van der Waals surface area contributed by atoms with E-state index in [9.17, 15) is 18.0 Å². The SMILES string of the molecule is CC(C)(C(=O)CCl)C(Cl)c1ccc(OC(F)(F)F)cc1. The van der Waals surface area contributed by atoms with Crippen molar-refractivity contribution in [3.8, 4) is 5.75 Å². The van der Waals surface area contributed by atoms with Gasteiger partial charge in [0.15, 0.2) is 5.78 Å². The van der Waals surface area contributed by atoms with Crippen LogP contribution in [-0.2, 0) is 4.79 Å². The van der Waals surface area contributed by atoms with E-state index in [0.29, 0.717) is 5.56 Å². The summed E-state index contributed by atoms with van der Waals surface area (Å²) in [6.07, 6.45) is -4.74. The highest BCUT2D eigenvalue weighted by atomic mass is 35.5. The van der Waals surface area contributed by atoms with Crippen LogP contribution in [-0.4, -0.2) is 18.0 Å². The Morgan fingerprint density at radius 1 is 1.25 bits per heavy atom. The summed E-state index contributed by atoms with van der Waals surface area (Å²) < 4.78 is 39.9. The third-order valence-electron chi connectivity index (χ3n) is 2.88. The Morgan fingerprint density at radius 3 is 2.15 bits per heavy atom. The molecule has 1 atom stereocenters. The minimum absolute atomic E-state index is 0.175. The Hall–Kier alpha value is -0.940. The quantitative estimate of drug-likeness (QED) is 0.732. The second-order valence-electron chi connectivity index (χ2n) is 4.76. The third kappa shape index (κ3) is 4.28. The lowest BCUT2D eigenvalue weighted by atomic mass is 9.81. The summed E-state index contributed by atoms with van der Waals surface area (Å²) in [4.78, 5) is 11.7. The molecule has 0 heterocycles. The second kappa shape index (κ2) is 6.22. The molecule has 0 fully saturated rings. The lowest BCUT2D eigenvalue weighted by Crippen LogP contribution is -2.30. The van der Waals surface area contributed by atoms with Crippen LogP contribution in [0.2, 0.25) is 0 Å². The fraction of sp³-hybridized carbons (Fsp3) is 0.462. The van der Waals surface area contributed by atoms with Crippen molar-refractivity contribution in [1.29, 1.82) is 0 Å². The van der Waals surface area contributed by atoms with Crippen LogP contribution in [0.25, 0.3) is 0 Å². The first-order valence-corrected chi connectivity index (χ1v) is 6.64. The zero-order valence-electron chi connectivity index (χ0n) is 10.8. The lowest BCUT2D eigenvalue weighted by molar-refractivity contribution is -0.274. The molecule has 0 N–H and O–H groups in total. The topological polar surface area (TPSA) is 26.3 Å². The number of alkyl halides is 5. The number of hydrogen-bond donors (Lipinski definition) is 0. The average Bonchev–Trinajstić information content (AvgIpc) is 2.35. The maximum atomic E-state index is 12.0. The molecule has 0 saturated carbocycles. The molecule has 20 heavy (non-hydrogen) atoms. The standard InChI is InChI=1S/C13H13Cl2F3O2/c1-12(2,10(19)7-14)11(15)8-3-5-9(6-4-8)20-13(16,17)18/h3-6,11H,7H2,1-2H3. The van der Waals surface area contributed by atoms with E-state index in [4.69, 9.17) is 23.2 Å². The van der Waals surface area contributed by atoms with Crippen molar-refractivity contribution >= 4 is 29.0 Å². The summed E-state index contributed by atoms with van der Waals surface area (Å²) in [7, 11) is 0. The Bertz CT molecular complexity index is 469. The molecule has 0 aromatic heterocycles. The number of carbonyl (C=O) groups excluding carboxylic acids is 1. The van der Waals surface area contributed by atoms with Crippen LogP contribution < -0.4 is 4.74 Å². The molecular formula is C13H13Cl2F3O2. The van der Waals surface area contributed by atoms with E-state index in [1.165, 1.54) is 12.1 Å². The molecule has 1 unspecified atom stereocenters. The van der Waals surface area contributed by atoms with Crippen LogP contribution >= 0.6 is 23.2 Å². The third-order valence-corrected chi connectivity index (χ3v) is 3.92. The number of Topliss-reactive ketones (excluding diaryl/α,β-unsaturated/α-hetero) is 1. The van der Waals surface area contributed by atoms with Gasteiger partial charge in [0.2, 0.25) is 0 Å². The highest BCUT2D eigenvalue weighted by molar-refractivity contribution is 6.30. The molecule has 1 aromatic carbocycles. The van der Waals surface area contributed by atoms with Gasteiger partial charge in [-0.05, 0) is 17.7 Å². The van der Waals surface area contributed by atoms with Gasteiger partial charge in [0.1, 0.15) is 5.75 Å². The van der Waals surface area contributed by atoms with Crippen molar-refractivity contribution < 1.29 is 22.7 Å². The van der Waals surface area contributed by atoms with E-state index in [1.807, 2.05) is 0 Å². The largest absolute Gasteiger partial charge is 0.573 e. The van der Waals surface area contributed by atoms with Gasteiger partial charge in [0, 0.05) is 5.41 Å². The fourth-order valence-electron chi connectivity index (χ4n) is 1.57. The van der Waals surface area contributed by atoms with Crippen LogP contribution in [0, 0.1) is 5.41 Å². The first kappa shape index (κ1) is 17.1. The molecule has 1 aromatic rings. The fourth-order valence-corrected chi connectivity index (χ4v) is 2.18. The van der Waals surface area contributed by atoms with E-state index in [0.717, 1.165) is 12.1 Å². The van der Waals surface area contributed by atoms with Crippen molar-refractivity contribution in [3.63, 3.8) is 0 Å². The molecule has 7 heteroatoms. The van der Waals surface area contributed by atoms with Gasteiger partial charge in [-0.3, -0.25) is 4.79 Å². The number of ether oxygens (including phenoxy) is 1. The summed E-state index contributed by atoms with van der Waals surface area (Å²) in [6, 6.07) is 5.09. The maximum absolute atomic E-state index is 12.0. The van der Waals surface area contributed by atoms with Crippen molar-refractivity contribution in [2.24, 2.45) is 5.41 Å². The Balaban J connectivity index is 2.91. The van der Waals surface area contributed by atoms with Crippen molar-refractivity contribution in [3.05, 3.63) is 29.8 Å². The monoisotopic (exact) mass is 328 g/mol. The number of rotatable bonds is 5. The summed E-state index contributed by atoms with van der Waals surface area (Å²) in [6.45, 7) is 3.27. The van der Waals surface area contributed by atoms with Gasteiger partial charge in [-0.1, -0.05) is 26.0 Å². The molecule has 2 nitrogen and oxygen atoms in total. The van der Waals surface area contributed by atoms with Crippen LogP contribution in [0.1, 0.15) is 24.8 Å². The Labute approximate surface area is 124 Å². The smallest absolute Gasteiger partial charge is 0.406 e. The number of halogens is 5. The molecule has 0 radical (unpaired) electrons. The number of carbonyl (C=O) groups is 1. The van der Waals surface area contributed by atoms with E-state index < -0.39 is 17.2 Å². The predicted octanol–water partition coefficient (Wildman–Crippen LogP) is 4.70. The van der Waals surface area contributed by atoms with Crippen LogP contribution in [0.5, 0.6) is 5.75 Å². The van der Waals surface area contributed by atoms with Crippen LogP contribution in [0.3, 0.4) is 0 Å². The molecule has 0 spiro atoms. The second-order valence-corrected chi connectivity index (χ2v) is 5.46. The molecule has 112 valence electrons. The van der Waals surface area contributed by atoms with Gasteiger partial charge in [-0.15, -0.1) is 36.4 Å². The number of ketones is 1. The molecule has 0 bridgehead atoms. The molecule has 1 rings (SSSR count). The van der Waals surface area contributed by atoms with Gasteiger partial charge >= 0.3 is 6.36 Å². The minimum atomic E-state index is -4.74. The summed E-state index contributed by atoms with van der Waals surface area (Å²) in [5, 5.41) is -0.700. The number of benzene rings is 1. The highest BCUT2D eigenvalue weighted by Gasteiger charge is 2.36. The summed E-state index contributed by atoms with van der Waals surface area (Å²) in [5.74, 6) is -0.757. The zero-order chi connectivity index (χ0) is 15.6. The zero-order valence-corrected chi connectivity index (χ0v) is 12.3. The normalized spacial score (nSPS) is 13.9. The van der Waals surface area contributed by atoms with Gasteiger partial charge < -0.3 is 4.74 Å². The molecule has 0 amide bonds. The van der Waals surface area contributed by atoms with Gasteiger partial charge in [0.25, 0.3) is 0 Å². The van der Waals surface area contributed by atoms with Gasteiger partial charge in [-0.2, -0.15) is 0 Å². The molecule has 0 aliphatic carbocycles. The predicted molar refractivity (Wildman–Crippen MR) is 71.2 cm³/mol. The lowest BCUT2D eigenvalue weighted by Gasteiger charge is -2.28. The highest BCUT2D eigenvalue weighted by Crippen LogP contribution is 2.40. The van der Waals surface area contributed by atoms with E-state index in [1.54, 1.807) is 13.8 Å². The maximum Gasteiger partial charge on any atom is 0.573 e. The molecule has 0 aliphatic rings. The first-order valence-electron chi connectivity index (χ1n) is 5.67. The summed E-state index contributed by atoms with van der Waals surface area (Å²) in [5.41, 5.74) is -0.403. The average molecular weight is 329 g/mol. The molecular weight excluding hydrogens is 316 g/mol. The van der Waals surface area contributed by atoms with E-state index in [2.05, 4.69) is 4.74 Å². The van der Waals surface area contributed by atoms with Crippen LogP contribution in [0.4, 0.5) is 13.2 Å². The van der Waals surface area contributed by atoms with Gasteiger partial charge in [0.05, 0.1) is 11.3 Å². The van der Waals surface area contributed by atoms with Gasteiger partial charge in [-0.25, -0.2) is 0 Å². The van der Waals surface area contributed by atoms with Crippen molar-refractivity contribution in [1.82, 2.24) is 0 Å². The van der Waals surface area contributed by atoms with Crippen molar-refractivity contribution in [2.75, 3.05) is 5.88 Å². The Morgan fingerprint density at radius 2 is 1.75 bits per heavy atom. The molecule has 0 saturated heterocycles. The summed E-state index contributed by atoms with van der Waals surface area (Å²) >= 11 is 11.7. The first-order chi connectivity index (χ1) is 9.08. The van der Waals surface area contributed by atoms with Crippen molar-refractivity contribution in [2.45, 2.75) is 25.6 Å².